The minimum atomic E-state index is 0.0312. The van der Waals surface area contributed by atoms with E-state index in [1.807, 2.05) is 41.6 Å². The maximum Gasteiger partial charge on any atom is 0.206 e. The summed E-state index contributed by atoms with van der Waals surface area (Å²) in [5.74, 6) is 0. The molecule has 1 heterocycles. The molecule has 19 heavy (non-hydrogen) atoms. The molecule has 1 aromatic heterocycles. The standard InChI is InChI=1S/C14H16INO3/c1-9-5-10(7-16-3-4-18-2)6-11-13(17)12(15)8-19-14(9)11/h5-6,8,16H,3-4,7H2,1-2H3. The van der Waals surface area contributed by atoms with Crippen molar-refractivity contribution in [2.75, 3.05) is 20.3 Å². The van der Waals surface area contributed by atoms with Gasteiger partial charge in [0.1, 0.15) is 11.8 Å². The number of hydrogen-bond donors (Lipinski definition) is 1. The topological polar surface area (TPSA) is 51.5 Å². The van der Waals surface area contributed by atoms with E-state index in [4.69, 9.17) is 9.15 Å². The summed E-state index contributed by atoms with van der Waals surface area (Å²) in [6.07, 6.45) is 1.51. The van der Waals surface area contributed by atoms with Crippen LogP contribution in [0.5, 0.6) is 0 Å². The molecule has 0 aliphatic rings. The Hall–Kier alpha value is -0.920. The third kappa shape index (κ3) is 3.34. The van der Waals surface area contributed by atoms with E-state index < -0.39 is 0 Å². The van der Waals surface area contributed by atoms with Crippen LogP contribution in [0.15, 0.2) is 27.6 Å². The maximum atomic E-state index is 12.1. The molecule has 0 unspecified atom stereocenters. The second kappa shape index (κ2) is 6.49. The van der Waals surface area contributed by atoms with Crippen LogP contribution in [0.4, 0.5) is 0 Å². The third-order valence-electron chi connectivity index (χ3n) is 2.89. The molecule has 1 N–H and O–H groups in total. The minimum Gasteiger partial charge on any atom is -0.463 e. The summed E-state index contributed by atoms with van der Waals surface area (Å²) in [5.41, 5.74) is 2.76. The zero-order chi connectivity index (χ0) is 13.8. The fourth-order valence-corrected chi connectivity index (χ4v) is 2.39. The number of aryl methyl sites for hydroxylation is 1. The van der Waals surface area contributed by atoms with Crippen LogP contribution in [0, 0.1) is 10.5 Å². The van der Waals surface area contributed by atoms with Crippen LogP contribution in [0.1, 0.15) is 11.1 Å². The van der Waals surface area contributed by atoms with Crippen LogP contribution in [-0.4, -0.2) is 20.3 Å². The first-order valence-corrected chi connectivity index (χ1v) is 7.11. The fraction of sp³-hybridized carbons (Fsp3) is 0.357. The Kier molecular flexibility index (Phi) is 4.95. The molecule has 2 aromatic rings. The summed E-state index contributed by atoms with van der Waals surface area (Å²) in [4.78, 5) is 12.1. The highest BCUT2D eigenvalue weighted by Gasteiger charge is 2.08. The van der Waals surface area contributed by atoms with Crippen molar-refractivity contribution in [2.24, 2.45) is 0 Å². The van der Waals surface area contributed by atoms with Gasteiger partial charge in [0.05, 0.1) is 15.6 Å². The van der Waals surface area contributed by atoms with E-state index in [1.165, 1.54) is 6.26 Å². The molecule has 0 aliphatic carbocycles. The van der Waals surface area contributed by atoms with Crippen LogP contribution in [0.2, 0.25) is 0 Å². The number of hydrogen-bond acceptors (Lipinski definition) is 4. The smallest absolute Gasteiger partial charge is 0.206 e. The second-order valence-corrected chi connectivity index (χ2v) is 5.53. The van der Waals surface area contributed by atoms with Crippen molar-refractivity contribution in [3.05, 3.63) is 43.3 Å². The van der Waals surface area contributed by atoms with E-state index in [-0.39, 0.29) is 5.43 Å². The molecule has 0 bridgehead atoms. The first kappa shape index (κ1) is 14.5. The van der Waals surface area contributed by atoms with Crippen molar-refractivity contribution < 1.29 is 9.15 Å². The molecule has 2 rings (SSSR count). The van der Waals surface area contributed by atoms with Gasteiger partial charge in [-0.3, -0.25) is 4.79 Å². The molecule has 0 radical (unpaired) electrons. The van der Waals surface area contributed by atoms with Gasteiger partial charge in [-0.2, -0.15) is 0 Å². The van der Waals surface area contributed by atoms with Crippen LogP contribution in [0.25, 0.3) is 11.0 Å². The minimum absolute atomic E-state index is 0.0312. The zero-order valence-corrected chi connectivity index (χ0v) is 13.1. The summed E-state index contributed by atoms with van der Waals surface area (Å²) in [5, 5.41) is 3.92. The first-order valence-electron chi connectivity index (χ1n) is 6.03. The third-order valence-corrected chi connectivity index (χ3v) is 3.63. The first-order chi connectivity index (χ1) is 9.13. The van der Waals surface area contributed by atoms with E-state index in [1.54, 1.807) is 7.11 Å². The van der Waals surface area contributed by atoms with Gasteiger partial charge < -0.3 is 14.5 Å². The maximum absolute atomic E-state index is 12.1. The van der Waals surface area contributed by atoms with Crippen LogP contribution in [-0.2, 0) is 11.3 Å². The van der Waals surface area contributed by atoms with Crippen molar-refractivity contribution in [3.8, 4) is 0 Å². The Morgan fingerprint density at radius 1 is 1.42 bits per heavy atom. The van der Waals surface area contributed by atoms with Gasteiger partial charge in [-0.1, -0.05) is 6.07 Å². The molecular formula is C14H16INO3. The average molecular weight is 373 g/mol. The Labute approximate surface area is 125 Å². The number of methoxy groups -OCH3 is 1. The Morgan fingerprint density at radius 2 is 2.21 bits per heavy atom. The number of benzene rings is 1. The lowest BCUT2D eigenvalue weighted by atomic mass is 10.1. The van der Waals surface area contributed by atoms with Gasteiger partial charge in [-0.15, -0.1) is 0 Å². The van der Waals surface area contributed by atoms with Crippen molar-refractivity contribution in [1.29, 1.82) is 0 Å². The molecule has 5 heteroatoms. The molecule has 102 valence electrons. The average Bonchev–Trinajstić information content (AvgIpc) is 2.39. The van der Waals surface area contributed by atoms with Crippen molar-refractivity contribution in [2.45, 2.75) is 13.5 Å². The highest BCUT2D eigenvalue weighted by atomic mass is 127. The number of halogens is 1. The molecule has 0 atom stereocenters. The lowest BCUT2D eigenvalue weighted by Crippen LogP contribution is -2.18. The fourth-order valence-electron chi connectivity index (χ4n) is 1.98. The van der Waals surface area contributed by atoms with E-state index in [0.717, 1.165) is 17.7 Å². The van der Waals surface area contributed by atoms with Crippen LogP contribution in [0.3, 0.4) is 0 Å². The number of rotatable bonds is 5. The Balaban J connectivity index is 2.32. The van der Waals surface area contributed by atoms with E-state index >= 15 is 0 Å². The predicted molar refractivity (Wildman–Crippen MR) is 83.5 cm³/mol. The van der Waals surface area contributed by atoms with Crippen LogP contribution < -0.4 is 10.7 Å². The molecule has 0 saturated heterocycles. The summed E-state index contributed by atoms with van der Waals surface area (Å²) in [7, 11) is 1.68. The van der Waals surface area contributed by atoms with Gasteiger partial charge >= 0.3 is 0 Å². The molecule has 0 saturated carbocycles. The van der Waals surface area contributed by atoms with E-state index in [9.17, 15) is 4.79 Å². The van der Waals surface area contributed by atoms with Gasteiger partial charge in [0, 0.05) is 20.2 Å². The highest BCUT2D eigenvalue weighted by Crippen LogP contribution is 2.19. The normalized spacial score (nSPS) is 11.1. The number of ether oxygens (including phenoxy) is 1. The number of fused-ring (bicyclic) bond motifs is 1. The molecule has 0 amide bonds. The van der Waals surface area contributed by atoms with E-state index in [2.05, 4.69) is 5.32 Å². The summed E-state index contributed by atoms with van der Waals surface area (Å²) < 4.78 is 11.1. The van der Waals surface area contributed by atoms with Crippen molar-refractivity contribution >= 4 is 33.6 Å². The van der Waals surface area contributed by atoms with Crippen molar-refractivity contribution in [1.82, 2.24) is 5.32 Å². The highest BCUT2D eigenvalue weighted by molar-refractivity contribution is 14.1. The molecule has 0 aliphatic heterocycles. The second-order valence-electron chi connectivity index (χ2n) is 4.37. The molecule has 4 nitrogen and oxygen atoms in total. The van der Waals surface area contributed by atoms with Gasteiger partial charge in [-0.25, -0.2) is 0 Å². The van der Waals surface area contributed by atoms with Crippen LogP contribution >= 0.6 is 22.6 Å². The monoisotopic (exact) mass is 373 g/mol. The van der Waals surface area contributed by atoms with Crippen molar-refractivity contribution in [3.63, 3.8) is 0 Å². The number of nitrogens with one attached hydrogen (secondary N) is 1. The van der Waals surface area contributed by atoms with Gasteiger partial charge in [0.25, 0.3) is 0 Å². The van der Waals surface area contributed by atoms with Gasteiger partial charge in [0.15, 0.2) is 0 Å². The Morgan fingerprint density at radius 3 is 2.95 bits per heavy atom. The van der Waals surface area contributed by atoms with Gasteiger partial charge in [-0.05, 0) is 46.7 Å². The lowest BCUT2D eigenvalue weighted by Gasteiger charge is -2.07. The molecular weight excluding hydrogens is 357 g/mol. The summed E-state index contributed by atoms with van der Waals surface area (Å²) >= 11 is 2.00. The summed E-state index contributed by atoms with van der Waals surface area (Å²) in [6.45, 7) is 4.13. The molecule has 0 fully saturated rings. The summed E-state index contributed by atoms with van der Waals surface area (Å²) in [6, 6.07) is 3.94. The Bertz CT molecular complexity index is 636. The lowest BCUT2D eigenvalue weighted by molar-refractivity contribution is 0.199. The van der Waals surface area contributed by atoms with E-state index in [0.29, 0.717) is 27.7 Å². The molecule has 0 spiro atoms. The molecule has 1 aromatic carbocycles. The predicted octanol–water partition coefficient (Wildman–Crippen LogP) is 2.44. The van der Waals surface area contributed by atoms with Gasteiger partial charge in [0.2, 0.25) is 5.43 Å². The quantitative estimate of drug-likeness (QED) is 0.646. The zero-order valence-electron chi connectivity index (χ0n) is 11.0. The SMILES string of the molecule is COCCNCc1cc(C)c2occ(I)c(=O)c2c1. The largest absolute Gasteiger partial charge is 0.463 e.